The van der Waals surface area contributed by atoms with Gasteiger partial charge in [0.2, 0.25) is 0 Å². The van der Waals surface area contributed by atoms with Crippen LogP contribution in [0.4, 0.5) is 0 Å². The monoisotopic (exact) mass is 175 g/mol. The summed E-state index contributed by atoms with van der Waals surface area (Å²) in [5.41, 5.74) is 1.95. The van der Waals surface area contributed by atoms with E-state index in [-0.39, 0.29) is 5.56 Å². The Morgan fingerprint density at radius 3 is 2.54 bits per heavy atom. The largest absolute Gasteiger partial charge is 0.478 e. The van der Waals surface area contributed by atoms with Crippen LogP contribution >= 0.6 is 0 Å². The summed E-state index contributed by atoms with van der Waals surface area (Å²) in [5, 5.41) is 17.5. The molecule has 1 aromatic carbocycles. The third-order valence-electron chi connectivity index (χ3n) is 1.90. The van der Waals surface area contributed by atoms with E-state index in [0.717, 1.165) is 5.56 Å². The van der Waals surface area contributed by atoms with Crippen LogP contribution in [0.15, 0.2) is 12.1 Å². The fraction of sp³-hybridized carbons (Fsp3) is 0.200. The van der Waals surface area contributed by atoms with Crippen molar-refractivity contribution in [1.29, 1.82) is 5.26 Å². The van der Waals surface area contributed by atoms with Crippen LogP contribution in [0.1, 0.15) is 27.0 Å². The molecule has 13 heavy (non-hydrogen) atoms. The Bertz CT molecular complexity index is 402. The average Bonchev–Trinajstić information content (AvgIpc) is 2.08. The molecule has 0 bridgehead atoms. The van der Waals surface area contributed by atoms with Crippen LogP contribution in [-0.4, -0.2) is 11.1 Å². The summed E-state index contributed by atoms with van der Waals surface area (Å²) in [5.74, 6) is -0.988. The summed E-state index contributed by atoms with van der Waals surface area (Å²) in [4.78, 5) is 10.7. The van der Waals surface area contributed by atoms with Crippen molar-refractivity contribution < 1.29 is 9.90 Å². The van der Waals surface area contributed by atoms with Gasteiger partial charge in [-0.2, -0.15) is 5.26 Å². The van der Waals surface area contributed by atoms with Crippen LogP contribution in [-0.2, 0) is 0 Å². The molecule has 0 unspecified atom stereocenters. The first kappa shape index (κ1) is 9.27. The van der Waals surface area contributed by atoms with E-state index in [9.17, 15) is 4.79 Å². The van der Waals surface area contributed by atoms with Gasteiger partial charge < -0.3 is 5.11 Å². The Labute approximate surface area is 76.2 Å². The van der Waals surface area contributed by atoms with Gasteiger partial charge in [0, 0.05) is 0 Å². The number of hydrogen-bond acceptors (Lipinski definition) is 2. The second kappa shape index (κ2) is 3.28. The highest BCUT2D eigenvalue weighted by molar-refractivity contribution is 5.90. The van der Waals surface area contributed by atoms with E-state index in [1.54, 1.807) is 26.0 Å². The number of rotatable bonds is 1. The molecule has 1 N–H and O–H groups in total. The normalized spacial score (nSPS) is 9.31. The highest BCUT2D eigenvalue weighted by Crippen LogP contribution is 2.15. The number of benzene rings is 1. The van der Waals surface area contributed by atoms with Crippen molar-refractivity contribution in [3.05, 3.63) is 34.4 Å². The molecule has 0 fully saturated rings. The van der Waals surface area contributed by atoms with Gasteiger partial charge in [-0.05, 0) is 37.1 Å². The molecule has 0 aromatic heterocycles. The van der Waals surface area contributed by atoms with Crippen LogP contribution in [0.25, 0.3) is 0 Å². The molecule has 0 amide bonds. The molecule has 0 aliphatic heterocycles. The molecule has 66 valence electrons. The van der Waals surface area contributed by atoms with Crippen LogP contribution < -0.4 is 0 Å². The third kappa shape index (κ3) is 1.67. The van der Waals surface area contributed by atoms with Crippen molar-refractivity contribution in [3.63, 3.8) is 0 Å². The molecular weight excluding hydrogens is 166 g/mol. The predicted octanol–water partition coefficient (Wildman–Crippen LogP) is 1.87. The maximum Gasteiger partial charge on any atom is 0.336 e. The van der Waals surface area contributed by atoms with Crippen molar-refractivity contribution in [3.8, 4) is 6.07 Å². The topological polar surface area (TPSA) is 61.1 Å². The molecule has 1 rings (SSSR count). The Morgan fingerprint density at radius 2 is 2.08 bits per heavy atom. The lowest BCUT2D eigenvalue weighted by atomic mass is 10.0. The molecule has 0 radical (unpaired) electrons. The number of aromatic carboxylic acids is 1. The number of aryl methyl sites for hydroxylation is 1. The van der Waals surface area contributed by atoms with E-state index in [1.807, 2.05) is 6.07 Å². The van der Waals surface area contributed by atoms with Gasteiger partial charge in [0.1, 0.15) is 0 Å². The second-order valence-corrected chi connectivity index (χ2v) is 2.90. The molecule has 0 spiro atoms. The molecule has 0 atom stereocenters. The standard InChI is InChI=1S/C10H9NO2/c1-6-3-8(5-11)7(2)9(4-6)10(12)13/h3-4H,1-2H3,(H,12,13). The average molecular weight is 175 g/mol. The van der Waals surface area contributed by atoms with Crippen LogP contribution in [0.2, 0.25) is 0 Å². The first-order valence-corrected chi connectivity index (χ1v) is 3.81. The molecule has 1 aromatic rings. The second-order valence-electron chi connectivity index (χ2n) is 2.90. The van der Waals surface area contributed by atoms with E-state index in [4.69, 9.17) is 10.4 Å². The predicted molar refractivity (Wildman–Crippen MR) is 47.6 cm³/mol. The van der Waals surface area contributed by atoms with Gasteiger partial charge in [0.15, 0.2) is 0 Å². The van der Waals surface area contributed by atoms with Crippen molar-refractivity contribution in [2.45, 2.75) is 13.8 Å². The number of carboxylic acids is 1. The Hall–Kier alpha value is -1.82. The maximum atomic E-state index is 10.7. The first-order chi connectivity index (χ1) is 6.06. The summed E-state index contributed by atoms with van der Waals surface area (Å²) in [6, 6.07) is 5.22. The molecule has 0 saturated carbocycles. The van der Waals surface area contributed by atoms with Gasteiger partial charge >= 0.3 is 5.97 Å². The van der Waals surface area contributed by atoms with E-state index < -0.39 is 5.97 Å². The highest BCUT2D eigenvalue weighted by atomic mass is 16.4. The summed E-state index contributed by atoms with van der Waals surface area (Å²) >= 11 is 0. The molecule has 0 aliphatic rings. The van der Waals surface area contributed by atoms with Gasteiger partial charge in [-0.1, -0.05) is 0 Å². The zero-order valence-electron chi connectivity index (χ0n) is 7.46. The fourth-order valence-electron chi connectivity index (χ4n) is 1.20. The van der Waals surface area contributed by atoms with Gasteiger partial charge in [-0.3, -0.25) is 0 Å². The lowest BCUT2D eigenvalue weighted by Crippen LogP contribution is -2.02. The quantitative estimate of drug-likeness (QED) is 0.708. The van der Waals surface area contributed by atoms with Gasteiger partial charge in [0.05, 0.1) is 17.2 Å². The van der Waals surface area contributed by atoms with Crippen molar-refractivity contribution >= 4 is 5.97 Å². The molecule has 0 heterocycles. The van der Waals surface area contributed by atoms with E-state index >= 15 is 0 Å². The minimum Gasteiger partial charge on any atom is -0.478 e. The molecule has 3 nitrogen and oxygen atoms in total. The van der Waals surface area contributed by atoms with Crippen molar-refractivity contribution in [2.24, 2.45) is 0 Å². The SMILES string of the molecule is Cc1cc(C#N)c(C)c(C(=O)O)c1. The molecular formula is C10H9NO2. The van der Waals surface area contributed by atoms with Gasteiger partial charge in [-0.15, -0.1) is 0 Å². The van der Waals surface area contributed by atoms with E-state index in [2.05, 4.69) is 0 Å². The first-order valence-electron chi connectivity index (χ1n) is 3.81. The third-order valence-corrected chi connectivity index (χ3v) is 1.90. The molecule has 0 saturated heterocycles. The van der Waals surface area contributed by atoms with Crippen molar-refractivity contribution in [2.75, 3.05) is 0 Å². The number of carboxylic acid groups (broad SMARTS) is 1. The van der Waals surface area contributed by atoms with Gasteiger partial charge in [-0.25, -0.2) is 4.79 Å². The Kier molecular flexibility index (Phi) is 2.34. The lowest BCUT2D eigenvalue weighted by Gasteiger charge is -2.03. The van der Waals surface area contributed by atoms with Crippen LogP contribution in [0, 0.1) is 25.2 Å². The minimum absolute atomic E-state index is 0.205. The summed E-state index contributed by atoms with van der Waals surface area (Å²) < 4.78 is 0. The van der Waals surface area contributed by atoms with Crippen LogP contribution in [0.3, 0.4) is 0 Å². The molecule has 3 heteroatoms. The van der Waals surface area contributed by atoms with E-state index in [0.29, 0.717) is 11.1 Å². The Balaban J connectivity index is 3.47. The van der Waals surface area contributed by atoms with Crippen LogP contribution in [0.5, 0.6) is 0 Å². The number of carbonyl (C=O) groups is 1. The number of nitrogens with zero attached hydrogens (tertiary/aromatic N) is 1. The zero-order valence-corrected chi connectivity index (χ0v) is 7.46. The summed E-state index contributed by atoms with van der Waals surface area (Å²) in [7, 11) is 0. The van der Waals surface area contributed by atoms with E-state index in [1.165, 1.54) is 0 Å². The smallest absolute Gasteiger partial charge is 0.336 e. The summed E-state index contributed by atoms with van der Waals surface area (Å²) in [6.07, 6.45) is 0. The number of hydrogen-bond donors (Lipinski definition) is 1. The van der Waals surface area contributed by atoms with Crippen molar-refractivity contribution in [1.82, 2.24) is 0 Å². The Morgan fingerprint density at radius 1 is 1.46 bits per heavy atom. The van der Waals surface area contributed by atoms with Gasteiger partial charge in [0.25, 0.3) is 0 Å². The zero-order chi connectivity index (χ0) is 10.0. The highest BCUT2D eigenvalue weighted by Gasteiger charge is 2.10. The minimum atomic E-state index is -0.988. The fourth-order valence-corrected chi connectivity index (χ4v) is 1.20. The molecule has 0 aliphatic carbocycles. The lowest BCUT2D eigenvalue weighted by molar-refractivity contribution is 0.0696. The summed E-state index contributed by atoms with van der Waals surface area (Å²) in [6.45, 7) is 3.41. The maximum absolute atomic E-state index is 10.7. The number of nitriles is 1.